The molecule has 26 heavy (non-hydrogen) atoms. The number of rotatable bonds is 4. The van der Waals surface area contributed by atoms with Crippen molar-refractivity contribution >= 4 is 5.57 Å². The summed E-state index contributed by atoms with van der Waals surface area (Å²) in [6.07, 6.45) is 13.2. The first-order chi connectivity index (χ1) is 12.7. The van der Waals surface area contributed by atoms with E-state index in [0.29, 0.717) is 5.41 Å². The predicted molar refractivity (Wildman–Crippen MR) is 107 cm³/mol. The second-order valence-electron chi connectivity index (χ2n) is 9.71. The van der Waals surface area contributed by atoms with Crippen LogP contribution in [0.25, 0.3) is 5.57 Å². The molecule has 4 bridgehead atoms. The lowest BCUT2D eigenvalue weighted by Gasteiger charge is -2.58. The van der Waals surface area contributed by atoms with E-state index in [1.54, 1.807) is 5.57 Å². The zero-order valence-electron chi connectivity index (χ0n) is 15.9. The van der Waals surface area contributed by atoms with Crippen LogP contribution in [0.1, 0.15) is 56.9 Å². The molecule has 2 nitrogen and oxygen atoms in total. The normalized spacial score (nSPS) is 38.0. The summed E-state index contributed by atoms with van der Waals surface area (Å²) in [5.74, 6) is 2.95. The molecule has 1 N–H and O–H groups in total. The summed E-state index contributed by atoms with van der Waals surface area (Å²) < 4.78 is 0. The van der Waals surface area contributed by atoms with Gasteiger partial charge in [-0.2, -0.15) is 0 Å². The van der Waals surface area contributed by atoms with Crippen LogP contribution in [-0.2, 0) is 0 Å². The Bertz CT molecular complexity index is 621. The van der Waals surface area contributed by atoms with Crippen LogP contribution in [0.15, 0.2) is 36.4 Å². The minimum Gasteiger partial charge on any atom is -0.393 e. The molecule has 1 heterocycles. The molecule has 5 fully saturated rings. The Hall–Kier alpha value is -1.12. The highest BCUT2D eigenvalue weighted by Gasteiger charge is 2.52. The molecule has 4 saturated carbocycles. The molecule has 1 aromatic carbocycles. The molecule has 5 aliphatic rings. The van der Waals surface area contributed by atoms with Crippen LogP contribution in [0.5, 0.6) is 0 Å². The van der Waals surface area contributed by atoms with Gasteiger partial charge in [0, 0.05) is 19.6 Å². The molecule has 140 valence electrons. The Labute approximate surface area is 158 Å². The Balaban J connectivity index is 1.44. The van der Waals surface area contributed by atoms with Gasteiger partial charge in [0.05, 0.1) is 6.10 Å². The van der Waals surface area contributed by atoms with Crippen LogP contribution in [0.4, 0.5) is 0 Å². The third kappa shape index (κ3) is 3.16. The molecule has 0 amide bonds. The van der Waals surface area contributed by atoms with Crippen molar-refractivity contribution in [2.24, 2.45) is 23.2 Å². The van der Waals surface area contributed by atoms with Crippen molar-refractivity contribution in [2.45, 2.75) is 57.5 Å². The Kier molecular flexibility index (Phi) is 4.45. The maximum atomic E-state index is 9.79. The molecule has 0 unspecified atom stereocenters. The first-order valence-corrected chi connectivity index (χ1v) is 10.9. The zero-order valence-corrected chi connectivity index (χ0v) is 15.9. The monoisotopic (exact) mass is 351 g/mol. The number of likely N-dealkylation sites (tertiary alicyclic amines) is 1. The van der Waals surface area contributed by atoms with Gasteiger partial charge in [-0.05, 0) is 85.7 Å². The lowest BCUT2D eigenvalue weighted by atomic mass is 9.47. The average molecular weight is 352 g/mol. The largest absolute Gasteiger partial charge is 0.393 e. The molecule has 0 spiro atoms. The molecule has 6 rings (SSSR count). The van der Waals surface area contributed by atoms with Gasteiger partial charge in [-0.1, -0.05) is 36.4 Å². The molecule has 1 aliphatic heterocycles. The molecule has 1 saturated heterocycles. The van der Waals surface area contributed by atoms with Crippen LogP contribution in [0, 0.1) is 23.2 Å². The molecule has 0 radical (unpaired) electrons. The van der Waals surface area contributed by atoms with Crippen LogP contribution in [-0.4, -0.2) is 35.7 Å². The Morgan fingerprint density at radius 2 is 1.54 bits per heavy atom. The van der Waals surface area contributed by atoms with E-state index in [-0.39, 0.29) is 6.10 Å². The van der Waals surface area contributed by atoms with E-state index in [9.17, 15) is 5.11 Å². The summed E-state index contributed by atoms with van der Waals surface area (Å²) in [6.45, 7) is 3.14. The van der Waals surface area contributed by atoms with Crippen molar-refractivity contribution in [3.63, 3.8) is 0 Å². The second-order valence-corrected chi connectivity index (χ2v) is 9.71. The van der Waals surface area contributed by atoms with E-state index in [1.807, 2.05) is 0 Å². The fourth-order valence-electron chi connectivity index (χ4n) is 7.02. The van der Waals surface area contributed by atoms with Crippen molar-refractivity contribution in [2.75, 3.05) is 19.6 Å². The van der Waals surface area contributed by atoms with Crippen LogP contribution >= 0.6 is 0 Å². The van der Waals surface area contributed by atoms with Gasteiger partial charge in [0.15, 0.2) is 0 Å². The topological polar surface area (TPSA) is 23.5 Å². The zero-order chi connectivity index (χ0) is 17.6. The van der Waals surface area contributed by atoms with E-state index in [1.165, 1.54) is 44.1 Å². The molecule has 1 aromatic rings. The molecular formula is C24H33NO. The van der Waals surface area contributed by atoms with Gasteiger partial charge in [-0.15, -0.1) is 0 Å². The van der Waals surface area contributed by atoms with Crippen molar-refractivity contribution in [1.29, 1.82) is 0 Å². The highest BCUT2D eigenvalue weighted by Crippen LogP contribution is 2.64. The lowest BCUT2D eigenvalue weighted by Crippen LogP contribution is -2.46. The van der Waals surface area contributed by atoms with Crippen molar-refractivity contribution < 1.29 is 5.11 Å². The van der Waals surface area contributed by atoms with E-state index >= 15 is 0 Å². The van der Waals surface area contributed by atoms with Gasteiger partial charge < -0.3 is 5.11 Å². The summed E-state index contributed by atoms with van der Waals surface area (Å²) in [4.78, 5) is 2.54. The number of benzene rings is 1. The molecule has 4 aliphatic carbocycles. The maximum Gasteiger partial charge on any atom is 0.0564 e. The fourth-order valence-corrected chi connectivity index (χ4v) is 7.02. The SMILES string of the molecule is OC1CCN(C/C=C(\c2ccccc2)C23CC4CC(CC(C4)C2)C3)CC1. The summed E-state index contributed by atoms with van der Waals surface area (Å²) in [5.41, 5.74) is 3.57. The van der Waals surface area contributed by atoms with Crippen LogP contribution in [0.3, 0.4) is 0 Å². The van der Waals surface area contributed by atoms with E-state index in [4.69, 9.17) is 0 Å². The highest BCUT2D eigenvalue weighted by molar-refractivity contribution is 5.71. The first kappa shape index (κ1) is 17.0. The molecule has 0 atom stereocenters. The first-order valence-electron chi connectivity index (χ1n) is 10.9. The van der Waals surface area contributed by atoms with E-state index < -0.39 is 0 Å². The number of nitrogens with zero attached hydrogens (tertiary/aromatic N) is 1. The quantitative estimate of drug-likeness (QED) is 0.847. The van der Waals surface area contributed by atoms with Crippen molar-refractivity contribution in [3.05, 3.63) is 42.0 Å². The summed E-state index contributed by atoms with van der Waals surface area (Å²) in [7, 11) is 0. The smallest absolute Gasteiger partial charge is 0.0564 e. The lowest BCUT2D eigenvalue weighted by molar-refractivity contribution is -0.0179. The second kappa shape index (κ2) is 6.80. The predicted octanol–water partition coefficient (Wildman–Crippen LogP) is 4.74. The van der Waals surface area contributed by atoms with Crippen LogP contribution < -0.4 is 0 Å². The summed E-state index contributed by atoms with van der Waals surface area (Å²) in [6, 6.07) is 11.2. The number of aliphatic hydroxyl groups is 1. The van der Waals surface area contributed by atoms with E-state index in [2.05, 4.69) is 41.3 Å². The maximum absolute atomic E-state index is 9.79. The molecule has 0 aromatic heterocycles. The van der Waals surface area contributed by atoms with Gasteiger partial charge in [0.2, 0.25) is 0 Å². The van der Waals surface area contributed by atoms with Gasteiger partial charge >= 0.3 is 0 Å². The van der Waals surface area contributed by atoms with Crippen LogP contribution in [0.2, 0.25) is 0 Å². The summed E-state index contributed by atoms with van der Waals surface area (Å²) in [5, 5.41) is 9.79. The molecule has 2 heteroatoms. The van der Waals surface area contributed by atoms with Gasteiger partial charge in [0.25, 0.3) is 0 Å². The third-order valence-electron chi connectivity index (χ3n) is 7.81. The summed E-state index contributed by atoms with van der Waals surface area (Å²) >= 11 is 0. The van der Waals surface area contributed by atoms with Gasteiger partial charge in [-0.25, -0.2) is 0 Å². The number of hydrogen-bond acceptors (Lipinski definition) is 2. The Morgan fingerprint density at radius 1 is 0.962 bits per heavy atom. The van der Waals surface area contributed by atoms with Gasteiger partial charge in [-0.3, -0.25) is 4.90 Å². The Morgan fingerprint density at radius 3 is 2.12 bits per heavy atom. The number of piperidine rings is 1. The average Bonchev–Trinajstić information content (AvgIpc) is 2.63. The minimum absolute atomic E-state index is 0.0769. The third-order valence-corrected chi connectivity index (χ3v) is 7.81. The molecular weight excluding hydrogens is 318 g/mol. The van der Waals surface area contributed by atoms with Gasteiger partial charge in [0.1, 0.15) is 0 Å². The number of hydrogen-bond donors (Lipinski definition) is 1. The minimum atomic E-state index is -0.0769. The fraction of sp³-hybridized carbons (Fsp3) is 0.667. The van der Waals surface area contributed by atoms with Crippen molar-refractivity contribution in [1.82, 2.24) is 4.90 Å². The highest BCUT2D eigenvalue weighted by atomic mass is 16.3. The van der Waals surface area contributed by atoms with E-state index in [0.717, 1.165) is 50.2 Å². The van der Waals surface area contributed by atoms with Crippen molar-refractivity contribution in [3.8, 4) is 0 Å². The number of aliphatic hydroxyl groups excluding tert-OH is 1. The standard InChI is InChI=1S/C24H33NO/c26-22-6-9-25(10-7-22)11-8-23(21-4-2-1-3-5-21)24-15-18-12-19(16-24)14-20(13-18)17-24/h1-5,8,18-20,22,26H,6-7,9-17H2/b23-8+. The number of allylic oxidation sites excluding steroid dienone is 1.